The summed E-state index contributed by atoms with van der Waals surface area (Å²) in [5, 5.41) is 11.1. The van der Waals surface area contributed by atoms with Crippen LogP contribution >= 0.6 is 0 Å². The van der Waals surface area contributed by atoms with Crippen molar-refractivity contribution in [3.8, 4) is 5.75 Å². The Morgan fingerprint density at radius 3 is 2.65 bits per heavy atom. The van der Waals surface area contributed by atoms with Crippen LogP contribution in [0.5, 0.6) is 5.75 Å². The Labute approximate surface area is 118 Å². The van der Waals surface area contributed by atoms with Crippen molar-refractivity contribution >= 4 is 12.0 Å². The lowest BCUT2D eigenvalue weighted by Crippen LogP contribution is -2.39. The molecular weight excluding hydrogens is 260 g/mol. The SMILES string of the molecule is COc1ccccc1[C@H](C)N(C)C(=O)NCCC(=O)O. The fraction of sp³-hybridized carbons (Fsp3) is 0.429. The van der Waals surface area contributed by atoms with E-state index in [0.29, 0.717) is 5.75 Å². The molecule has 6 heteroatoms. The lowest BCUT2D eigenvalue weighted by Gasteiger charge is -2.26. The third-order valence-corrected chi connectivity index (χ3v) is 3.11. The summed E-state index contributed by atoms with van der Waals surface area (Å²) in [6, 6.07) is 6.97. The molecule has 6 nitrogen and oxygen atoms in total. The average Bonchev–Trinajstić information content (AvgIpc) is 2.45. The predicted molar refractivity (Wildman–Crippen MR) is 74.8 cm³/mol. The number of rotatable bonds is 6. The van der Waals surface area contributed by atoms with Crippen LogP contribution in [-0.2, 0) is 4.79 Å². The minimum atomic E-state index is -0.939. The maximum atomic E-state index is 11.9. The van der Waals surface area contributed by atoms with E-state index in [0.717, 1.165) is 5.56 Å². The molecule has 1 aromatic carbocycles. The molecule has 0 heterocycles. The summed E-state index contributed by atoms with van der Waals surface area (Å²) >= 11 is 0. The highest BCUT2D eigenvalue weighted by Gasteiger charge is 2.19. The Balaban J connectivity index is 2.68. The zero-order valence-corrected chi connectivity index (χ0v) is 11.9. The van der Waals surface area contributed by atoms with Crippen molar-refractivity contribution in [1.29, 1.82) is 0 Å². The molecule has 0 aliphatic rings. The number of carbonyl (C=O) groups excluding carboxylic acids is 1. The number of hydrogen-bond acceptors (Lipinski definition) is 3. The number of nitrogens with one attached hydrogen (secondary N) is 1. The molecular formula is C14H20N2O4. The Kier molecular flexibility index (Phi) is 5.83. The van der Waals surface area contributed by atoms with E-state index in [9.17, 15) is 9.59 Å². The van der Waals surface area contributed by atoms with Crippen LogP contribution in [0.15, 0.2) is 24.3 Å². The molecule has 0 aliphatic heterocycles. The predicted octanol–water partition coefficient (Wildman–Crippen LogP) is 1.87. The van der Waals surface area contributed by atoms with Crippen molar-refractivity contribution in [2.75, 3.05) is 20.7 Å². The summed E-state index contributed by atoms with van der Waals surface area (Å²) in [4.78, 5) is 23.8. The number of carboxylic acids is 1. The minimum Gasteiger partial charge on any atom is -0.496 e. The Morgan fingerprint density at radius 1 is 1.40 bits per heavy atom. The van der Waals surface area contributed by atoms with Gasteiger partial charge in [0.25, 0.3) is 0 Å². The fourth-order valence-electron chi connectivity index (χ4n) is 1.80. The Bertz CT molecular complexity index is 476. The van der Waals surface area contributed by atoms with Crippen LogP contribution in [0.4, 0.5) is 4.79 Å². The summed E-state index contributed by atoms with van der Waals surface area (Å²) in [6.07, 6.45) is -0.0946. The number of carboxylic acid groups (broad SMARTS) is 1. The highest BCUT2D eigenvalue weighted by atomic mass is 16.5. The van der Waals surface area contributed by atoms with Crippen LogP contribution in [0.3, 0.4) is 0 Å². The highest BCUT2D eigenvalue weighted by molar-refractivity contribution is 5.75. The molecule has 1 rings (SSSR count). The monoisotopic (exact) mass is 280 g/mol. The molecule has 20 heavy (non-hydrogen) atoms. The largest absolute Gasteiger partial charge is 0.496 e. The smallest absolute Gasteiger partial charge is 0.317 e. The van der Waals surface area contributed by atoms with Crippen LogP contribution in [0.2, 0.25) is 0 Å². The Morgan fingerprint density at radius 2 is 2.05 bits per heavy atom. The van der Waals surface area contributed by atoms with E-state index in [-0.39, 0.29) is 25.0 Å². The van der Waals surface area contributed by atoms with Gasteiger partial charge < -0.3 is 20.1 Å². The molecule has 2 amide bonds. The lowest BCUT2D eigenvalue weighted by molar-refractivity contribution is -0.136. The molecule has 1 aromatic rings. The maximum Gasteiger partial charge on any atom is 0.317 e. The third kappa shape index (κ3) is 4.15. The van der Waals surface area contributed by atoms with Gasteiger partial charge in [-0.05, 0) is 13.0 Å². The van der Waals surface area contributed by atoms with Crippen molar-refractivity contribution in [1.82, 2.24) is 10.2 Å². The van der Waals surface area contributed by atoms with Gasteiger partial charge in [-0.3, -0.25) is 4.79 Å². The number of benzene rings is 1. The first kappa shape index (κ1) is 15.8. The van der Waals surface area contributed by atoms with E-state index in [4.69, 9.17) is 9.84 Å². The molecule has 0 spiro atoms. The standard InChI is InChI=1S/C14H20N2O4/c1-10(11-6-4-5-7-12(11)20-3)16(2)14(19)15-9-8-13(17)18/h4-7,10H,8-9H2,1-3H3,(H,15,19)(H,17,18)/t10-/m0/s1. The van der Waals surface area contributed by atoms with E-state index >= 15 is 0 Å². The quantitative estimate of drug-likeness (QED) is 0.833. The van der Waals surface area contributed by atoms with Gasteiger partial charge in [-0.1, -0.05) is 18.2 Å². The maximum absolute atomic E-state index is 11.9. The van der Waals surface area contributed by atoms with Gasteiger partial charge in [-0.2, -0.15) is 0 Å². The molecule has 0 unspecified atom stereocenters. The van der Waals surface area contributed by atoms with Gasteiger partial charge in [0.1, 0.15) is 5.75 Å². The molecule has 0 fully saturated rings. The third-order valence-electron chi connectivity index (χ3n) is 3.11. The number of aliphatic carboxylic acids is 1. The molecule has 2 N–H and O–H groups in total. The van der Waals surface area contributed by atoms with Gasteiger partial charge >= 0.3 is 12.0 Å². The van der Waals surface area contributed by atoms with Crippen molar-refractivity contribution < 1.29 is 19.4 Å². The molecule has 0 saturated carbocycles. The second-order valence-corrected chi connectivity index (χ2v) is 4.40. The average molecular weight is 280 g/mol. The molecule has 0 saturated heterocycles. The summed E-state index contributed by atoms with van der Waals surface area (Å²) < 4.78 is 5.27. The van der Waals surface area contributed by atoms with Crippen molar-refractivity contribution in [3.05, 3.63) is 29.8 Å². The van der Waals surface area contributed by atoms with Gasteiger partial charge in [0.15, 0.2) is 0 Å². The molecule has 0 radical (unpaired) electrons. The van der Waals surface area contributed by atoms with E-state index in [1.807, 2.05) is 31.2 Å². The second-order valence-electron chi connectivity index (χ2n) is 4.40. The van der Waals surface area contributed by atoms with E-state index < -0.39 is 5.97 Å². The number of urea groups is 1. The first-order valence-electron chi connectivity index (χ1n) is 6.32. The topological polar surface area (TPSA) is 78.9 Å². The molecule has 1 atom stereocenters. The normalized spacial score (nSPS) is 11.6. The molecule has 0 aliphatic carbocycles. The number of nitrogens with zero attached hydrogens (tertiary/aromatic N) is 1. The first-order valence-corrected chi connectivity index (χ1v) is 6.32. The zero-order chi connectivity index (χ0) is 15.1. The summed E-state index contributed by atoms with van der Waals surface area (Å²) in [5.74, 6) is -0.226. The zero-order valence-electron chi connectivity index (χ0n) is 11.9. The van der Waals surface area contributed by atoms with E-state index in [2.05, 4.69) is 5.32 Å². The van der Waals surface area contributed by atoms with Crippen molar-refractivity contribution in [2.45, 2.75) is 19.4 Å². The van der Waals surface area contributed by atoms with Crippen molar-refractivity contribution in [3.63, 3.8) is 0 Å². The van der Waals surface area contributed by atoms with Crippen LogP contribution in [0, 0.1) is 0 Å². The molecule has 0 aromatic heterocycles. The van der Waals surface area contributed by atoms with Gasteiger partial charge in [0.2, 0.25) is 0 Å². The lowest BCUT2D eigenvalue weighted by atomic mass is 10.1. The van der Waals surface area contributed by atoms with Crippen LogP contribution in [0.1, 0.15) is 24.9 Å². The van der Waals surface area contributed by atoms with Gasteiger partial charge in [0.05, 0.1) is 19.6 Å². The molecule has 110 valence electrons. The first-order chi connectivity index (χ1) is 9.47. The van der Waals surface area contributed by atoms with Gasteiger partial charge in [-0.15, -0.1) is 0 Å². The van der Waals surface area contributed by atoms with Crippen LogP contribution in [0.25, 0.3) is 0 Å². The van der Waals surface area contributed by atoms with E-state index in [1.165, 1.54) is 4.90 Å². The molecule has 0 bridgehead atoms. The minimum absolute atomic E-state index is 0.0946. The summed E-state index contributed by atoms with van der Waals surface area (Å²) in [5.41, 5.74) is 0.894. The highest BCUT2D eigenvalue weighted by Crippen LogP contribution is 2.27. The van der Waals surface area contributed by atoms with Crippen molar-refractivity contribution in [2.24, 2.45) is 0 Å². The van der Waals surface area contributed by atoms with Crippen LogP contribution in [-0.4, -0.2) is 42.7 Å². The number of hydrogen-bond donors (Lipinski definition) is 2. The number of para-hydroxylation sites is 1. The number of carbonyl (C=O) groups is 2. The van der Waals surface area contributed by atoms with Gasteiger partial charge in [0, 0.05) is 19.2 Å². The number of methoxy groups -OCH3 is 1. The summed E-state index contributed by atoms with van der Waals surface area (Å²) in [6.45, 7) is 1.99. The van der Waals surface area contributed by atoms with Crippen LogP contribution < -0.4 is 10.1 Å². The second kappa shape index (κ2) is 7.37. The fourth-order valence-corrected chi connectivity index (χ4v) is 1.80. The Hall–Kier alpha value is -2.24. The number of ether oxygens (including phenoxy) is 1. The number of amides is 2. The van der Waals surface area contributed by atoms with E-state index in [1.54, 1.807) is 14.2 Å². The summed E-state index contributed by atoms with van der Waals surface area (Å²) in [7, 11) is 3.24. The van der Waals surface area contributed by atoms with Gasteiger partial charge in [-0.25, -0.2) is 4.79 Å².